The summed E-state index contributed by atoms with van der Waals surface area (Å²) in [5.41, 5.74) is 1.47. The average Bonchev–Trinajstić information content (AvgIpc) is 2.74. The SMILES string of the molecule is COc1cccc(C(=O)C(O)C(Nc2ccc(F)c(Cl)c2)c2ccc(Br)cc2)c1. The van der Waals surface area contributed by atoms with Crippen LogP contribution in [-0.4, -0.2) is 24.1 Å². The number of ketones is 1. The highest BCUT2D eigenvalue weighted by Crippen LogP contribution is 2.29. The van der Waals surface area contributed by atoms with E-state index in [2.05, 4.69) is 21.2 Å². The number of hydrogen-bond donors (Lipinski definition) is 2. The maximum absolute atomic E-state index is 13.5. The van der Waals surface area contributed by atoms with Crippen LogP contribution in [0, 0.1) is 5.82 Å². The Morgan fingerprint density at radius 2 is 1.86 bits per heavy atom. The number of methoxy groups -OCH3 is 1. The van der Waals surface area contributed by atoms with Gasteiger partial charge in [0.2, 0.25) is 0 Å². The van der Waals surface area contributed by atoms with E-state index in [0.29, 0.717) is 22.6 Å². The molecule has 0 radical (unpaired) electrons. The number of ether oxygens (including phenoxy) is 1. The zero-order valence-electron chi connectivity index (χ0n) is 15.4. The van der Waals surface area contributed by atoms with E-state index in [-0.39, 0.29) is 5.02 Å². The van der Waals surface area contributed by atoms with E-state index in [4.69, 9.17) is 16.3 Å². The summed E-state index contributed by atoms with van der Waals surface area (Å²) in [5, 5.41) is 14.0. The van der Waals surface area contributed by atoms with Crippen LogP contribution in [-0.2, 0) is 0 Å². The summed E-state index contributed by atoms with van der Waals surface area (Å²) in [4.78, 5) is 13.0. The first-order valence-electron chi connectivity index (χ1n) is 8.72. The molecule has 0 bridgehead atoms. The molecule has 0 fully saturated rings. The smallest absolute Gasteiger partial charge is 0.193 e. The number of anilines is 1. The van der Waals surface area contributed by atoms with Crippen LogP contribution in [0.25, 0.3) is 0 Å². The molecule has 0 saturated heterocycles. The van der Waals surface area contributed by atoms with E-state index in [1.54, 1.807) is 36.4 Å². The zero-order valence-corrected chi connectivity index (χ0v) is 17.7. The summed E-state index contributed by atoms with van der Waals surface area (Å²) < 4.78 is 19.5. The van der Waals surface area contributed by atoms with Gasteiger partial charge in [-0.05, 0) is 48.0 Å². The quantitative estimate of drug-likeness (QED) is 0.431. The number of carbonyl (C=O) groups excluding carboxylic acids is 1. The number of Topliss-reactive ketones (excluding diaryl/α,β-unsaturated/α-hetero) is 1. The van der Waals surface area contributed by atoms with Crippen molar-refractivity contribution < 1.29 is 19.0 Å². The Morgan fingerprint density at radius 3 is 2.52 bits per heavy atom. The monoisotopic (exact) mass is 477 g/mol. The topological polar surface area (TPSA) is 58.6 Å². The normalized spacial score (nSPS) is 12.9. The van der Waals surface area contributed by atoms with Gasteiger partial charge < -0.3 is 15.2 Å². The highest BCUT2D eigenvalue weighted by Gasteiger charge is 2.29. The lowest BCUT2D eigenvalue weighted by Crippen LogP contribution is -2.33. The number of benzene rings is 3. The number of hydrogen-bond acceptors (Lipinski definition) is 4. The largest absolute Gasteiger partial charge is 0.497 e. The second-order valence-corrected chi connectivity index (χ2v) is 7.67. The molecular weight excluding hydrogens is 461 g/mol. The predicted molar refractivity (Wildman–Crippen MR) is 115 cm³/mol. The van der Waals surface area contributed by atoms with E-state index >= 15 is 0 Å². The summed E-state index contributed by atoms with van der Waals surface area (Å²) in [7, 11) is 1.50. The van der Waals surface area contributed by atoms with Gasteiger partial charge in [0.15, 0.2) is 5.78 Å². The maximum Gasteiger partial charge on any atom is 0.193 e. The first-order chi connectivity index (χ1) is 13.9. The molecule has 2 unspecified atom stereocenters. The Bertz CT molecular complexity index is 1010. The van der Waals surface area contributed by atoms with Gasteiger partial charge in [-0.25, -0.2) is 4.39 Å². The minimum absolute atomic E-state index is 0.0573. The number of aliphatic hydroxyl groups is 1. The molecule has 3 aromatic carbocycles. The molecule has 2 atom stereocenters. The second-order valence-electron chi connectivity index (χ2n) is 6.34. The number of rotatable bonds is 7. The first-order valence-corrected chi connectivity index (χ1v) is 9.89. The molecule has 0 aromatic heterocycles. The van der Waals surface area contributed by atoms with E-state index < -0.39 is 23.7 Å². The van der Waals surface area contributed by atoms with Crippen molar-refractivity contribution in [2.45, 2.75) is 12.1 Å². The van der Waals surface area contributed by atoms with Crippen molar-refractivity contribution in [1.82, 2.24) is 0 Å². The van der Waals surface area contributed by atoms with Crippen LogP contribution < -0.4 is 10.1 Å². The Labute approximate surface area is 181 Å². The van der Waals surface area contributed by atoms with Crippen molar-refractivity contribution in [3.05, 3.63) is 93.2 Å². The number of carbonyl (C=O) groups is 1. The minimum atomic E-state index is -1.41. The van der Waals surface area contributed by atoms with Gasteiger partial charge in [0.1, 0.15) is 17.7 Å². The van der Waals surface area contributed by atoms with Crippen LogP contribution >= 0.6 is 27.5 Å². The van der Waals surface area contributed by atoms with Crippen LogP contribution in [0.4, 0.5) is 10.1 Å². The molecule has 0 heterocycles. The molecule has 0 aliphatic heterocycles. The number of aliphatic hydroxyl groups excluding tert-OH is 1. The summed E-state index contributed by atoms with van der Waals surface area (Å²) in [5.74, 6) is -0.510. The Kier molecular flexibility index (Phi) is 6.90. The first kappa shape index (κ1) is 21.3. The molecule has 0 spiro atoms. The molecule has 29 heavy (non-hydrogen) atoms. The van der Waals surface area contributed by atoms with Crippen LogP contribution in [0.15, 0.2) is 71.2 Å². The second kappa shape index (κ2) is 9.39. The lowest BCUT2D eigenvalue weighted by molar-refractivity contribution is 0.0707. The van der Waals surface area contributed by atoms with Crippen molar-refractivity contribution >= 4 is 39.0 Å². The standard InChI is InChI=1S/C22H18BrClFNO3/c1-29-17-4-2-3-14(11-17)21(27)22(28)20(13-5-7-15(23)8-6-13)26-16-9-10-19(25)18(24)12-16/h2-12,20,22,26,28H,1H3. The van der Waals surface area contributed by atoms with Crippen molar-refractivity contribution in [3.63, 3.8) is 0 Å². The molecule has 3 aromatic rings. The van der Waals surface area contributed by atoms with Gasteiger partial charge in [-0.1, -0.05) is 51.8 Å². The highest BCUT2D eigenvalue weighted by molar-refractivity contribution is 9.10. The highest BCUT2D eigenvalue weighted by atomic mass is 79.9. The van der Waals surface area contributed by atoms with Gasteiger partial charge in [-0.2, -0.15) is 0 Å². The van der Waals surface area contributed by atoms with Crippen molar-refractivity contribution in [2.75, 3.05) is 12.4 Å². The Balaban J connectivity index is 1.95. The Morgan fingerprint density at radius 1 is 1.14 bits per heavy atom. The van der Waals surface area contributed by atoms with Gasteiger partial charge >= 0.3 is 0 Å². The van der Waals surface area contributed by atoms with Gasteiger partial charge in [0.05, 0.1) is 18.2 Å². The minimum Gasteiger partial charge on any atom is -0.497 e. The molecule has 150 valence electrons. The van der Waals surface area contributed by atoms with Gasteiger partial charge in [-0.15, -0.1) is 0 Å². The third kappa shape index (κ3) is 5.15. The van der Waals surface area contributed by atoms with E-state index in [0.717, 1.165) is 4.47 Å². The van der Waals surface area contributed by atoms with Crippen molar-refractivity contribution in [2.24, 2.45) is 0 Å². The molecule has 0 amide bonds. The predicted octanol–water partition coefficient (Wildman–Crippen LogP) is 5.65. The molecule has 0 aliphatic rings. The van der Waals surface area contributed by atoms with Crippen molar-refractivity contribution in [1.29, 1.82) is 0 Å². The average molecular weight is 479 g/mol. The fraction of sp³-hybridized carbons (Fsp3) is 0.136. The van der Waals surface area contributed by atoms with Crippen LogP contribution in [0.3, 0.4) is 0 Å². The van der Waals surface area contributed by atoms with Crippen LogP contribution in [0.5, 0.6) is 5.75 Å². The maximum atomic E-state index is 13.5. The summed E-state index contributed by atoms with van der Waals surface area (Å²) >= 11 is 9.25. The lowest BCUT2D eigenvalue weighted by Gasteiger charge is -2.25. The molecule has 0 saturated carbocycles. The lowest BCUT2D eigenvalue weighted by atomic mass is 9.94. The third-order valence-corrected chi connectivity index (χ3v) is 5.23. The van der Waals surface area contributed by atoms with Crippen molar-refractivity contribution in [3.8, 4) is 5.75 Å². The van der Waals surface area contributed by atoms with Crippen LogP contribution in [0.2, 0.25) is 5.02 Å². The van der Waals surface area contributed by atoms with E-state index in [9.17, 15) is 14.3 Å². The fourth-order valence-corrected chi connectivity index (χ4v) is 3.32. The van der Waals surface area contributed by atoms with Crippen LogP contribution in [0.1, 0.15) is 22.0 Å². The number of halogens is 3. The molecular formula is C22H18BrClFNO3. The molecule has 3 rings (SSSR count). The van der Waals surface area contributed by atoms with Gasteiger partial charge in [-0.3, -0.25) is 4.79 Å². The van der Waals surface area contributed by atoms with E-state index in [1.807, 2.05) is 12.1 Å². The summed E-state index contributed by atoms with van der Waals surface area (Å²) in [6.45, 7) is 0. The fourth-order valence-electron chi connectivity index (χ4n) is 2.88. The number of nitrogens with one attached hydrogen (secondary N) is 1. The molecule has 0 aliphatic carbocycles. The van der Waals surface area contributed by atoms with Gasteiger partial charge in [0, 0.05) is 15.7 Å². The van der Waals surface area contributed by atoms with E-state index in [1.165, 1.54) is 25.3 Å². The Hall–Kier alpha value is -2.41. The van der Waals surface area contributed by atoms with Gasteiger partial charge in [0.25, 0.3) is 0 Å². The molecule has 4 nitrogen and oxygen atoms in total. The third-order valence-electron chi connectivity index (χ3n) is 4.41. The summed E-state index contributed by atoms with van der Waals surface area (Å²) in [6, 6.07) is 17.1. The summed E-state index contributed by atoms with van der Waals surface area (Å²) in [6.07, 6.45) is -1.41. The molecule has 7 heteroatoms. The zero-order chi connectivity index (χ0) is 21.0. The molecule has 2 N–H and O–H groups in total.